The van der Waals surface area contributed by atoms with Gasteiger partial charge in [0.1, 0.15) is 12.3 Å². The van der Waals surface area contributed by atoms with Crippen LogP contribution in [0.5, 0.6) is 0 Å². The van der Waals surface area contributed by atoms with E-state index in [1.807, 2.05) is 0 Å². The van der Waals surface area contributed by atoms with Crippen molar-refractivity contribution < 1.29 is 23.9 Å². The molecule has 0 radical (unpaired) electrons. The molecule has 0 heterocycles. The predicted molar refractivity (Wildman–Crippen MR) is 79.6 cm³/mol. The van der Waals surface area contributed by atoms with Crippen molar-refractivity contribution in [3.63, 3.8) is 0 Å². The zero-order valence-electron chi connectivity index (χ0n) is 11.4. The van der Waals surface area contributed by atoms with Gasteiger partial charge in [-0.05, 0) is 12.0 Å². The van der Waals surface area contributed by atoms with Gasteiger partial charge in [0.15, 0.2) is 0 Å². The molecule has 4 N–H and O–H groups in total. The van der Waals surface area contributed by atoms with Gasteiger partial charge in [-0.25, -0.2) is 4.79 Å². The number of hydrogen-bond acceptors (Lipinski definition) is 4. The van der Waals surface area contributed by atoms with Gasteiger partial charge in [-0.15, -0.1) is 0 Å². The Morgan fingerprint density at radius 3 is 2.67 bits per heavy atom. The summed E-state index contributed by atoms with van der Waals surface area (Å²) in [5, 5.41) is 0.475. The second kappa shape index (κ2) is 7.61. The van der Waals surface area contributed by atoms with Crippen molar-refractivity contribution in [2.24, 2.45) is 11.7 Å². The van der Waals surface area contributed by atoms with Gasteiger partial charge >= 0.3 is 13.6 Å². The third-order valence-electron chi connectivity index (χ3n) is 2.54. The van der Waals surface area contributed by atoms with Crippen molar-refractivity contribution in [1.82, 2.24) is 0 Å². The minimum absolute atomic E-state index is 0.0279. The maximum absolute atomic E-state index is 11.7. The number of esters is 1. The Kier molecular flexibility index (Phi) is 6.42. The number of carbonyl (C=O) groups excluding carboxylic acids is 1. The Hall–Kier alpha value is -1.33. The number of hydrogen-bond donors (Lipinski definition) is 3. The standard InChI is InChI=1S/C13H17ClNO5P/c1-9(8-21(17,18)19)6-12(15)13(16)20-7-10-4-2-3-5-11(10)14/h2-6,9H,7-8,15H2,1H3,(H2,17,18,19)/b12-6+. The van der Waals surface area contributed by atoms with Gasteiger partial charge in [-0.2, -0.15) is 0 Å². The molecule has 1 unspecified atom stereocenters. The van der Waals surface area contributed by atoms with Crippen LogP contribution < -0.4 is 5.73 Å². The second-order valence-electron chi connectivity index (χ2n) is 4.61. The highest BCUT2D eigenvalue weighted by molar-refractivity contribution is 7.51. The number of halogens is 1. The van der Waals surface area contributed by atoms with Crippen molar-refractivity contribution in [2.75, 3.05) is 6.16 Å². The third kappa shape index (κ3) is 6.78. The van der Waals surface area contributed by atoms with Gasteiger partial charge in [0.05, 0.1) is 6.16 Å². The average Bonchev–Trinajstić information content (AvgIpc) is 2.34. The molecule has 1 rings (SSSR count). The first-order valence-electron chi connectivity index (χ1n) is 6.11. The maximum Gasteiger partial charge on any atom is 0.354 e. The van der Waals surface area contributed by atoms with Crippen LogP contribution in [-0.2, 0) is 20.7 Å². The van der Waals surface area contributed by atoms with E-state index in [1.165, 1.54) is 6.08 Å². The summed E-state index contributed by atoms with van der Waals surface area (Å²) < 4.78 is 15.8. The van der Waals surface area contributed by atoms with E-state index in [0.29, 0.717) is 10.6 Å². The van der Waals surface area contributed by atoms with Crippen LogP contribution in [-0.4, -0.2) is 21.9 Å². The molecular weight excluding hydrogens is 317 g/mol. The van der Waals surface area contributed by atoms with E-state index in [1.54, 1.807) is 31.2 Å². The van der Waals surface area contributed by atoms with Gasteiger partial charge in [-0.3, -0.25) is 4.57 Å². The number of allylic oxidation sites excluding steroid dienone is 1. The molecule has 0 aliphatic heterocycles. The molecule has 0 aliphatic rings. The van der Waals surface area contributed by atoms with Crippen molar-refractivity contribution in [1.29, 1.82) is 0 Å². The Balaban J connectivity index is 2.59. The maximum atomic E-state index is 11.7. The number of carbonyl (C=O) groups is 1. The van der Waals surface area contributed by atoms with E-state index < -0.39 is 19.5 Å². The summed E-state index contributed by atoms with van der Waals surface area (Å²) in [5.41, 5.74) is 5.99. The Labute approximate surface area is 127 Å². The van der Waals surface area contributed by atoms with Crippen LogP contribution in [0.25, 0.3) is 0 Å². The number of ether oxygens (including phenoxy) is 1. The molecule has 1 aromatic rings. The number of nitrogens with two attached hydrogens (primary N) is 1. The van der Waals surface area contributed by atoms with Crippen LogP contribution in [0.2, 0.25) is 5.02 Å². The molecule has 1 aromatic carbocycles. The van der Waals surface area contributed by atoms with Crippen molar-refractivity contribution in [3.8, 4) is 0 Å². The first-order chi connectivity index (χ1) is 9.69. The minimum atomic E-state index is -4.15. The first kappa shape index (κ1) is 17.7. The van der Waals surface area contributed by atoms with Crippen molar-refractivity contribution in [3.05, 3.63) is 46.6 Å². The normalized spacial score (nSPS) is 13.8. The van der Waals surface area contributed by atoms with E-state index in [-0.39, 0.29) is 18.5 Å². The first-order valence-corrected chi connectivity index (χ1v) is 8.29. The summed E-state index contributed by atoms with van der Waals surface area (Å²) in [6.07, 6.45) is 0.888. The van der Waals surface area contributed by atoms with E-state index >= 15 is 0 Å². The zero-order chi connectivity index (χ0) is 16.0. The quantitative estimate of drug-likeness (QED) is 0.417. The van der Waals surface area contributed by atoms with Gasteiger partial charge in [0.2, 0.25) is 0 Å². The Morgan fingerprint density at radius 1 is 1.48 bits per heavy atom. The Morgan fingerprint density at radius 2 is 2.10 bits per heavy atom. The van der Waals surface area contributed by atoms with Crippen molar-refractivity contribution in [2.45, 2.75) is 13.5 Å². The van der Waals surface area contributed by atoms with E-state index in [2.05, 4.69) is 0 Å². The topological polar surface area (TPSA) is 110 Å². The van der Waals surface area contributed by atoms with Gasteiger partial charge in [0.25, 0.3) is 0 Å². The molecule has 0 bridgehead atoms. The molecule has 116 valence electrons. The molecule has 1 atom stereocenters. The molecule has 0 amide bonds. The van der Waals surface area contributed by atoms with Crippen LogP contribution in [0.15, 0.2) is 36.0 Å². The highest BCUT2D eigenvalue weighted by Crippen LogP contribution is 2.37. The number of rotatable bonds is 6. The lowest BCUT2D eigenvalue weighted by Crippen LogP contribution is -2.16. The molecule has 0 aliphatic carbocycles. The summed E-state index contributed by atoms with van der Waals surface area (Å²) in [7, 11) is -4.15. The van der Waals surface area contributed by atoms with Gasteiger partial charge in [-0.1, -0.05) is 42.8 Å². The molecule has 6 nitrogen and oxygen atoms in total. The summed E-state index contributed by atoms with van der Waals surface area (Å²) in [6, 6.07) is 6.90. The van der Waals surface area contributed by atoms with Crippen LogP contribution in [0, 0.1) is 5.92 Å². The molecule has 8 heteroatoms. The second-order valence-corrected chi connectivity index (χ2v) is 6.72. The fourth-order valence-corrected chi connectivity index (χ4v) is 2.69. The summed E-state index contributed by atoms with van der Waals surface area (Å²) in [4.78, 5) is 29.3. The summed E-state index contributed by atoms with van der Waals surface area (Å²) in [6.45, 7) is 1.52. The average molecular weight is 334 g/mol. The lowest BCUT2D eigenvalue weighted by molar-refractivity contribution is -0.140. The van der Waals surface area contributed by atoms with E-state index in [4.69, 9.17) is 31.9 Å². The monoisotopic (exact) mass is 333 g/mol. The lowest BCUT2D eigenvalue weighted by atomic mass is 10.2. The minimum Gasteiger partial charge on any atom is -0.456 e. The molecule has 21 heavy (non-hydrogen) atoms. The molecule has 0 saturated carbocycles. The molecule has 0 spiro atoms. The molecular formula is C13H17ClNO5P. The highest BCUT2D eigenvalue weighted by Gasteiger charge is 2.18. The zero-order valence-corrected chi connectivity index (χ0v) is 13.1. The van der Waals surface area contributed by atoms with Crippen LogP contribution in [0.1, 0.15) is 12.5 Å². The smallest absolute Gasteiger partial charge is 0.354 e. The largest absolute Gasteiger partial charge is 0.456 e. The van der Waals surface area contributed by atoms with Crippen LogP contribution in [0.4, 0.5) is 0 Å². The fourth-order valence-electron chi connectivity index (χ4n) is 1.64. The third-order valence-corrected chi connectivity index (χ3v) is 3.96. The van der Waals surface area contributed by atoms with Gasteiger partial charge in [0, 0.05) is 10.6 Å². The summed E-state index contributed by atoms with van der Waals surface area (Å²) >= 11 is 5.92. The fraction of sp³-hybridized carbons (Fsp3) is 0.308. The van der Waals surface area contributed by atoms with E-state index in [0.717, 1.165) is 0 Å². The van der Waals surface area contributed by atoms with Crippen LogP contribution >= 0.6 is 19.2 Å². The van der Waals surface area contributed by atoms with Crippen molar-refractivity contribution >= 4 is 25.2 Å². The molecule has 0 saturated heterocycles. The van der Waals surface area contributed by atoms with Gasteiger partial charge < -0.3 is 20.3 Å². The highest BCUT2D eigenvalue weighted by atomic mass is 35.5. The van der Waals surface area contributed by atoms with E-state index in [9.17, 15) is 9.36 Å². The summed E-state index contributed by atoms with van der Waals surface area (Å²) in [5.74, 6) is -1.30. The molecule has 0 aromatic heterocycles. The Bertz CT molecular complexity index is 584. The molecule has 0 fully saturated rings. The van der Waals surface area contributed by atoms with Crippen LogP contribution in [0.3, 0.4) is 0 Å². The number of benzene rings is 1. The lowest BCUT2D eigenvalue weighted by Gasteiger charge is -2.10. The SMILES string of the molecule is CC(/C=C(/N)C(=O)OCc1ccccc1Cl)CP(=O)(O)O. The predicted octanol–water partition coefficient (Wildman–Crippen LogP) is 2.04.